The number of rotatable bonds is 5. The summed E-state index contributed by atoms with van der Waals surface area (Å²) in [5, 5.41) is 12.1. The lowest BCUT2D eigenvalue weighted by molar-refractivity contribution is 0.0694. The summed E-state index contributed by atoms with van der Waals surface area (Å²) in [7, 11) is 0. The molecule has 0 aliphatic rings. The number of carbonyl (C=O) groups is 1. The van der Waals surface area contributed by atoms with Crippen molar-refractivity contribution in [1.29, 1.82) is 0 Å². The Morgan fingerprint density at radius 3 is 2.61 bits per heavy atom. The molecule has 0 unspecified atom stereocenters. The Morgan fingerprint density at radius 2 is 2.00 bits per heavy atom. The van der Waals surface area contributed by atoms with Crippen LogP contribution in [0.15, 0.2) is 41.0 Å². The summed E-state index contributed by atoms with van der Waals surface area (Å²) >= 11 is 0. The van der Waals surface area contributed by atoms with E-state index in [9.17, 15) is 4.79 Å². The lowest BCUT2D eigenvalue weighted by Crippen LogP contribution is -2.04. The van der Waals surface area contributed by atoms with E-state index in [4.69, 9.17) is 9.52 Å². The number of carboxylic acids is 1. The van der Waals surface area contributed by atoms with E-state index >= 15 is 0 Å². The number of aryl methyl sites for hydroxylation is 1. The normalized spacial score (nSPS) is 10.3. The molecule has 1 heterocycles. The molecule has 94 valence electrons. The molecule has 4 nitrogen and oxygen atoms in total. The summed E-state index contributed by atoms with van der Waals surface area (Å²) < 4.78 is 5.15. The number of hydrogen-bond acceptors (Lipinski definition) is 3. The van der Waals surface area contributed by atoms with E-state index in [1.165, 1.54) is 17.9 Å². The highest BCUT2D eigenvalue weighted by Gasteiger charge is 2.12. The van der Waals surface area contributed by atoms with Gasteiger partial charge >= 0.3 is 5.97 Å². The first kappa shape index (κ1) is 12.2. The monoisotopic (exact) mass is 245 g/mol. The van der Waals surface area contributed by atoms with Crippen LogP contribution in [-0.2, 0) is 13.0 Å². The standard InChI is InChI=1S/C14H15NO3/c1-2-10-3-5-11(6-4-10)15-9-13-12(14(16)17)7-8-18-13/h3-8,15H,2,9H2,1H3,(H,16,17). The number of carboxylic acid groups (broad SMARTS) is 1. The van der Waals surface area contributed by atoms with Gasteiger partial charge in [0.2, 0.25) is 0 Å². The van der Waals surface area contributed by atoms with Crippen molar-refractivity contribution in [3.8, 4) is 0 Å². The molecule has 2 N–H and O–H groups in total. The van der Waals surface area contributed by atoms with Crippen molar-refractivity contribution < 1.29 is 14.3 Å². The van der Waals surface area contributed by atoms with Gasteiger partial charge in [-0.3, -0.25) is 0 Å². The van der Waals surface area contributed by atoms with E-state index in [1.54, 1.807) is 0 Å². The second-order valence-corrected chi connectivity index (χ2v) is 3.97. The van der Waals surface area contributed by atoms with Gasteiger partial charge in [0.1, 0.15) is 11.3 Å². The molecule has 0 saturated carbocycles. The third-order valence-electron chi connectivity index (χ3n) is 2.79. The van der Waals surface area contributed by atoms with Gasteiger partial charge in [-0.05, 0) is 30.2 Å². The van der Waals surface area contributed by atoms with Gasteiger partial charge in [0.15, 0.2) is 0 Å². The van der Waals surface area contributed by atoms with Crippen LogP contribution < -0.4 is 5.32 Å². The molecule has 1 aromatic carbocycles. The van der Waals surface area contributed by atoms with Gasteiger partial charge in [-0.1, -0.05) is 19.1 Å². The number of furan rings is 1. The molecule has 4 heteroatoms. The summed E-state index contributed by atoms with van der Waals surface area (Å²) in [6.45, 7) is 2.46. The second kappa shape index (κ2) is 5.40. The van der Waals surface area contributed by atoms with Gasteiger partial charge in [0.25, 0.3) is 0 Å². The van der Waals surface area contributed by atoms with E-state index < -0.39 is 5.97 Å². The Kier molecular flexibility index (Phi) is 3.67. The highest BCUT2D eigenvalue weighted by atomic mass is 16.4. The molecular weight excluding hydrogens is 230 g/mol. The van der Waals surface area contributed by atoms with Crippen LogP contribution in [-0.4, -0.2) is 11.1 Å². The average Bonchev–Trinajstić information content (AvgIpc) is 2.85. The maximum atomic E-state index is 10.9. The predicted molar refractivity (Wildman–Crippen MR) is 68.8 cm³/mol. The number of anilines is 1. The molecule has 0 saturated heterocycles. The largest absolute Gasteiger partial charge is 0.478 e. The number of nitrogens with one attached hydrogen (secondary N) is 1. The Labute approximate surface area is 105 Å². The Morgan fingerprint density at radius 1 is 1.28 bits per heavy atom. The molecule has 18 heavy (non-hydrogen) atoms. The van der Waals surface area contributed by atoms with Gasteiger partial charge in [-0.2, -0.15) is 0 Å². The summed E-state index contributed by atoms with van der Waals surface area (Å²) in [5.41, 5.74) is 2.41. The van der Waals surface area contributed by atoms with Crippen LogP contribution in [0.1, 0.15) is 28.6 Å². The molecule has 2 aromatic rings. The SMILES string of the molecule is CCc1ccc(NCc2occc2C(=O)O)cc1. The van der Waals surface area contributed by atoms with Crippen molar-refractivity contribution in [1.82, 2.24) is 0 Å². The smallest absolute Gasteiger partial charge is 0.339 e. The summed E-state index contributed by atoms with van der Waals surface area (Å²) in [4.78, 5) is 10.9. The summed E-state index contributed by atoms with van der Waals surface area (Å²) in [6, 6.07) is 9.50. The molecule has 1 aromatic heterocycles. The minimum absolute atomic E-state index is 0.202. The zero-order valence-corrected chi connectivity index (χ0v) is 10.1. The van der Waals surface area contributed by atoms with Crippen molar-refractivity contribution in [3.63, 3.8) is 0 Å². The van der Waals surface area contributed by atoms with Gasteiger partial charge in [-0.25, -0.2) is 4.79 Å². The quantitative estimate of drug-likeness (QED) is 0.849. The van der Waals surface area contributed by atoms with Crippen molar-refractivity contribution >= 4 is 11.7 Å². The first-order valence-electron chi connectivity index (χ1n) is 5.83. The number of hydrogen-bond donors (Lipinski definition) is 2. The fourth-order valence-electron chi connectivity index (χ4n) is 1.71. The zero-order chi connectivity index (χ0) is 13.0. The van der Waals surface area contributed by atoms with Crippen molar-refractivity contribution in [2.75, 3.05) is 5.32 Å². The molecular formula is C14H15NO3. The molecule has 0 atom stereocenters. The summed E-state index contributed by atoms with van der Waals surface area (Å²) in [6.07, 6.45) is 2.39. The van der Waals surface area contributed by atoms with Crippen LogP contribution in [0.5, 0.6) is 0 Å². The van der Waals surface area contributed by atoms with Crippen LogP contribution in [0.2, 0.25) is 0 Å². The van der Waals surface area contributed by atoms with Gasteiger partial charge in [0.05, 0.1) is 12.8 Å². The van der Waals surface area contributed by atoms with Crippen LogP contribution in [0.25, 0.3) is 0 Å². The number of benzene rings is 1. The summed E-state index contributed by atoms with van der Waals surface area (Å²) in [5.74, 6) is -0.538. The molecule has 2 rings (SSSR count). The molecule has 0 fully saturated rings. The average molecular weight is 245 g/mol. The van der Waals surface area contributed by atoms with E-state index in [-0.39, 0.29) is 5.56 Å². The predicted octanol–water partition coefficient (Wildman–Crippen LogP) is 3.15. The van der Waals surface area contributed by atoms with Crippen molar-refractivity contribution in [2.45, 2.75) is 19.9 Å². The van der Waals surface area contributed by atoms with Gasteiger partial charge in [0, 0.05) is 5.69 Å². The lowest BCUT2D eigenvalue weighted by Gasteiger charge is -2.06. The fourth-order valence-corrected chi connectivity index (χ4v) is 1.71. The maximum absolute atomic E-state index is 10.9. The number of aromatic carboxylic acids is 1. The minimum atomic E-state index is -0.970. The van der Waals surface area contributed by atoms with Gasteiger partial charge in [-0.15, -0.1) is 0 Å². The van der Waals surface area contributed by atoms with Crippen LogP contribution in [0.3, 0.4) is 0 Å². The Hall–Kier alpha value is -2.23. The van der Waals surface area contributed by atoms with E-state index in [1.807, 2.05) is 24.3 Å². The molecule has 0 amide bonds. The highest BCUT2D eigenvalue weighted by Crippen LogP contribution is 2.15. The highest BCUT2D eigenvalue weighted by molar-refractivity contribution is 5.88. The molecule has 0 aliphatic carbocycles. The lowest BCUT2D eigenvalue weighted by atomic mass is 10.1. The Bertz CT molecular complexity index is 528. The van der Waals surface area contributed by atoms with Crippen LogP contribution in [0, 0.1) is 0 Å². The van der Waals surface area contributed by atoms with E-state index in [0.717, 1.165) is 12.1 Å². The van der Waals surface area contributed by atoms with Crippen molar-refractivity contribution in [2.24, 2.45) is 0 Å². The molecule has 0 spiro atoms. The fraction of sp³-hybridized carbons (Fsp3) is 0.214. The molecule has 0 aliphatic heterocycles. The topological polar surface area (TPSA) is 62.5 Å². The molecule has 0 bridgehead atoms. The van der Waals surface area contributed by atoms with Gasteiger partial charge < -0.3 is 14.8 Å². The first-order valence-corrected chi connectivity index (χ1v) is 5.83. The third kappa shape index (κ3) is 2.71. The van der Waals surface area contributed by atoms with E-state index in [2.05, 4.69) is 12.2 Å². The van der Waals surface area contributed by atoms with Crippen LogP contribution in [0.4, 0.5) is 5.69 Å². The van der Waals surface area contributed by atoms with Crippen LogP contribution >= 0.6 is 0 Å². The third-order valence-corrected chi connectivity index (χ3v) is 2.79. The Balaban J connectivity index is 2.02. The first-order chi connectivity index (χ1) is 8.70. The maximum Gasteiger partial charge on any atom is 0.339 e. The minimum Gasteiger partial charge on any atom is -0.478 e. The van der Waals surface area contributed by atoms with E-state index in [0.29, 0.717) is 12.3 Å². The zero-order valence-electron chi connectivity index (χ0n) is 10.1. The van der Waals surface area contributed by atoms with Crippen molar-refractivity contribution in [3.05, 3.63) is 53.5 Å². The second-order valence-electron chi connectivity index (χ2n) is 3.97. The molecule has 0 radical (unpaired) electrons.